The first kappa shape index (κ1) is 21.2. The van der Waals surface area contributed by atoms with Gasteiger partial charge in [-0.25, -0.2) is 4.79 Å². The van der Waals surface area contributed by atoms with Crippen molar-refractivity contribution >= 4 is 17.5 Å². The molecule has 1 aromatic carbocycles. The quantitative estimate of drug-likeness (QED) is 0.587. The smallest absolute Gasteiger partial charge is 0.352 e. The Bertz CT molecular complexity index is 997. The number of aliphatic hydroxyl groups is 2. The zero-order valence-electron chi connectivity index (χ0n) is 15.8. The summed E-state index contributed by atoms with van der Waals surface area (Å²) in [6.07, 6.45) is 4.85. The van der Waals surface area contributed by atoms with Crippen LogP contribution in [0, 0.1) is 5.92 Å². The van der Waals surface area contributed by atoms with Gasteiger partial charge in [0.15, 0.2) is 0 Å². The van der Waals surface area contributed by atoms with Crippen LogP contribution in [0.3, 0.4) is 0 Å². The predicted octanol–water partition coefficient (Wildman–Crippen LogP) is 0.668. The number of aliphatic hydroxyl groups excluding tert-OH is 2. The van der Waals surface area contributed by atoms with E-state index in [4.69, 9.17) is 16.7 Å². The van der Waals surface area contributed by atoms with Gasteiger partial charge in [-0.2, -0.15) is 9.78 Å². The lowest BCUT2D eigenvalue weighted by Gasteiger charge is -2.27. The number of rotatable bonds is 6. The summed E-state index contributed by atoms with van der Waals surface area (Å²) < 4.78 is 1.79. The minimum Gasteiger partial charge on any atom is -0.395 e. The van der Waals surface area contributed by atoms with Crippen molar-refractivity contribution in [3.63, 3.8) is 0 Å². The van der Waals surface area contributed by atoms with E-state index in [1.54, 1.807) is 0 Å². The van der Waals surface area contributed by atoms with Gasteiger partial charge in [0.1, 0.15) is 12.4 Å². The van der Waals surface area contributed by atoms with Gasteiger partial charge in [-0.1, -0.05) is 30.9 Å². The fourth-order valence-electron chi connectivity index (χ4n) is 3.52. The molecule has 0 bridgehead atoms. The van der Waals surface area contributed by atoms with Gasteiger partial charge in [-0.05, 0) is 31.0 Å². The highest BCUT2D eigenvalue weighted by molar-refractivity contribution is 6.33. The third kappa shape index (κ3) is 4.75. The number of aromatic nitrogens is 3. The van der Waals surface area contributed by atoms with Crippen LogP contribution in [0.4, 0.5) is 0 Å². The van der Waals surface area contributed by atoms with Crippen LogP contribution < -0.4 is 16.6 Å². The van der Waals surface area contributed by atoms with Crippen molar-refractivity contribution < 1.29 is 15.0 Å². The van der Waals surface area contributed by atoms with Crippen LogP contribution in [0.5, 0.6) is 0 Å². The van der Waals surface area contributed by atoms with Crippen molar-refractivity contribution in [2.45, 2.75) is 44.9 Å². The average molecular weight is 423 g/mol. The lowest BCUT2D eigenvalue weighted by molar-refractivity contribution is 0.0463. The molecule has 0 radical (unpaired) electrons. The van der Waals surface area contributed by atoms with Gasteiger partial charge in [0.2, 0.25) is 0 Å². The number of hydrogen-bond donors (Lipinski definition) is 3. The minimum absolute atomic E-state index is 0.000910. The lowest BCUT2D eigenvalue weighted by atomic mass is 9.88. The number of carbonyl (C=O) groups is 1. The Morgan fingerprint density at radius 2 is 2.00 bits per heavy atom. The van der Waals surface area contributed by atoms with Crippen molar-refractivity contribution in [1.29, 1.82) is 0 Å². The molecule has 1 aliphatic rings. The van der Waals surface area contributed by atoms with E-state index in [1.165, 1.54) is 18.2 Å². The summed E-state index contributed by atoms with van der Waals surface area (Å²) in [5.74, 6) is -0.562. The van der Waals surface area contributed by atoms with E-state index in [9.17, 15) is 19.5 Å². The average Bonchev–Trinajstić information content (AvgIpc) is 2.72. The number of benzene rings is 1. The molecule has 1 fully saturated rings. The van der Waals surface area contributed by atoms with E-state index >= 15 is 0 Å². The van der Waals surface area contributed by atoms with Gasteiger partial charge in [0.25, 0.3) is 11.5 Å². The second-order valence-corrected chi connectivity index (χ2v) is 7.44. The van der Waals surface area contributed by atoms with Gasteiger partial charge in [-0.3, -0.25) is 14.2 Å². The molecule has 1 saturated carbocycles. The summed E-state index contributed by atoms with van der Waals surface area (Å²) in [4.78, 5) is 36.9. The van der Waals surface area contributed by atoms with Crippen LogP contribution in [-0.4, -0.2) is 43.3 Å². The van der Waals surface area contributed by atoms with Crippen molar-refractivity contribution in [2.24, 2.45) is 5.92 Å². The molecule has 2 aromatic rings. The molecule has 156 valence electrons. The van der Waals surface area contributed by atoms with Crippen LogP contribution in [0.1, 0.15) is 42.5 Å². The van der Waals surface area contributed by atoms with Crippen LogP contribution in [0.2, 0.25) is 5.02 Å². The largest absolute Gasteiger partial charge is 0.395 e. The summed E-state index contributed by atoms with van der Waals surface area (Å²) in [5.41, 5.74) is -1.08. The Labute approximate surface area is 171 Å². The lowest BCUT2D eigenvalue weighted by Crippen LogP contribution is -2.41. The highest BCUT2D eigenvalue weighted by Crippen LogP contribution is 2.26. The molecule has 0 spiro atoms. The van der Waals surface area contributed by atoms with Crippen molar-refractivity contribution in [3.05, 3.63) is 55.8 Å². The zero-order chi connectivity index (χ0) is 21.0. The SMILES string of the molecule is O=C(NC(O)C1CCCCC1)c1cc(-n2ncc(=O)n(CCO)c2=O)ccc1Cl. The molecule has 0 saturated heterocycles. The molecule has 29 heavy (non-hydrogen) atoms. The summed E-state index contributed by atoms with van der Waals surface area (Å²) in [7, 11) is 0. The third-order valence-corrected chi connectivity index (χ3v) is 5.43. The molecule has 3 N–H and O–H groups in total. The Morgan fingerprint density at radius 3 is 2.69 bits per heavy atom. The maximum Gasteiger partial charge on any atom is 0.352 e. The van der Waals surface area contributed by atoms with E-state index in [-0.39, 0.29) is 35.3 Å². The second kappa shape index (κ2) is 9.34. The fraction of sp³-hybridized carbons (Fsp3) is 0.474. The topological polar surface area (TPSA) is 126 Å². The number of nitrogens with one attached hydrogen (secondary N) is 1. The highest BCUT2D eigenvalue weighted by Gasteiger charge is 2.24. The maximum absolute atomic E-state index is 12.7. The van der Waals surface area contributed by atoms with Gasteiger partial charge in [0.05, 0.1) is 29.4 Å². The molecule has 1 heterocycles. The molecule has 0 aliphatic heterocycles. The van der Waals surface area contributed by atoms with E-state index in [0.29, 0.717) is 0 Å². The molecular weight excluding hydrogens is 400 g/mol. The molecule has 1 unspecified atom stereocenters. The minimum atomic E-state index is -0.977. The van der Waals surface area contributed by atoms with Crippen molar-refractivity contribution in [2.75, 3.05) is 6.61 Å². The molecule has 1 atom stereocenters. The normalized spacial score (nSPS) is 15.8. The van der Waals surface area contributed by atoms with Crippen LogP contribution >= 0.6 is 11.6 Å². The molecule has 1 amide bonds. The number of carbonyl (C=O) groups excluding carboxylic acids is 1. The molecule has 9 nitrogen and oxygen atoms in total. The van der Waals surface area contributed by atoms with E-state index < -0.39 is 23.4 Å². The summed E-state index contributed by atoms with van der Waals surface area (Å²) in [5, 5.41) is 26.0. The monoisotopic (exact) mass is 422 g/mol. The van der Waals surface area contributed by atoms with Crippen molar-refractivity contribution in [1.82, 2.24) is 19.7 Å². The fourth-order valence-corrected chi connectivity index (χ4v) is 3.72. The Hall–Kier alpha value is -2.49. The van der Waals surface area contributed by atoms with Gasteiger partial charge >= 0.3 is 5.69 Å². The summed E-state index contributed by atoms with van der Waals surface area (Å²) >= 11 is 6.16. The van der Waals surface area contributed by atoms with E-state index in [1.807, 2.05) is 0 Å². The highest BCUT2D eigenvalue weighted by atomic mass is 35.5. The first-order valence-electron chi connectivity index (χ1n) is 9.51. The second-order valence-electron chi connectivity index (χ2n) is 7.03. The number of hydrogen-bond acceptors (Lipinski definition) is 6. The Morgan fingerprint density at radius 1 is 1.28 bits per heavy atom. The van der Waals surface area contributed by atoms with Gasteiger partial charge in [0, 0.05) is 5.92 Å². The standard InChI is InChI=1S/C19H23ClN4O5/c20-15-7-6-13(24-19(29)23(8-9-25)16(26)11-21-24)10-14(15)18(28)22-17(27)12-4-2-1-3-5-12/h6-7,10-12,17,25,27H,1-5,8-9H2,(H,22,28). The summed E-state index contributed by atoms with van der Waals surface area (Å²) in [6, 6.07) is 4.29. The predicted molar refractivity (Wildman–Crippen MR) is 106 cm³/mol. The molecule has 1 aliphatic carbocycles. The molecule has 10 heteroatoms. The Balaban J connectivity index is 1.88. The van der Waals surface area contributed by atoms with Gasteiger partial charge in [-0.15, -0.1) is 0 Å². The molecular formula is C19H23ClN4O5. The van der Waals surface area contributed by atoms with E-state index in [2.05, 4.69) is 10.4 Å². The first-order valence-corrected chi connectivity index (χ1v) is 9.89. The maximum atomic E-state index is 12.7. The van der Waals surface area contributed by atoms with Gasteiger partial charge < -0.3 is 15.5 Å². The number of halogens is 1. The van der Waals surface area contributed by atoms with Crippen LogP contribution in [-0.2, 0) is 6.54 Å². The van der Waals surface area contributed by atoms with E-state index in [0.717, 1.165) is 47.5 Å². The molecule has 1 aromatic heterocycles. The first-order chi connectivity index (χ1) is 13.9. The number of nitrogens with zero attached hydrogens (tertiary/aromatic N) is 3. The summed E-state index contributed by atoms with van der Waals surface area (Å²) in [6.45, 7) is -0.554. The molecule has 3 rings (SSSR count). The van der Waals surface area contributed by atoms with Crippen LogP contribution in [0.25, 0.3) is 5.69 Å². The Kier molecular flexibility index (Phi) is 6.83. The number of amides is 1. The van der Waals surface area contributed by atoms with Crippen LogP contribution in [0.15, 0.2) is 34.0 Å². The third-order valence-electron chi connectivity index (χ3n) is 5.10. The van der Waals surface area contributed by atoms with Crippen molar-refractivity contribution in [3.8, 4) is 5.69 Å². The zero-order valence-corrected chi connectivity index (χ0v) is 16.5.